The smallest absolute Gasteiger partial charge is 0.325 e. The second-order valence-corrected chi connectivity index (χ2v) is 8.72. The van der Waals surface area contributed by atoms with Crippen LogP contribution in [-0.2, 0) is 19.6 Å². The van der Waals surface area contributed by atoms with Gasteiger partial charge in [-0.25, -0.2) is 12.8 Å². The monoisotopic (exact) mass is 390 g/mol. The van der Waals surface area contributed by atoms with E-state index < -0.39 is 37.5 Å². The average molecular weight is 391 g/mol. The van der Waals surface area contributed by atoms with Crippen LogP contribution < -0.4 is 4.72 Å². The van der Waals surface area contributed by atoms with Crippen LogP contribution in [-0.4, -0.2) is 56.8 Å². The number of ether oxygens (including phenoxy) is 1. The third-order valence-electron chi connectivity index (χ3n) is 4.31. The number of esters is 1. The number of nitrogens with zero attached hydrogens (tertiary/aromatic N) is 1. The first-order valence-electron chi connectivity index (χ1n) is 8.04. The number of benzene rings is 1. The number of halogens is 1. The molecule has 1 aliphatic rings. The molecular weight excluding hydrogens is 367 g/mol. The second kappa shape index (κ2) is 8.03. The van der Waals surface area contributed by atoms with E-state index in [4.69, 9.17) is 4.74 Å². The first kappa shape index (κ1) is 20.2. The number of sulfonamides is 1. The Bertz CT molecular complexity index is 719. The van der Waals surface area contributed by atoms with Crippen LogP contribution in [0.4, 0.5) is 4.39 Å². The molecular formula is C16H23FN2O4S2. The predicted octanol–water partition coefficient (Wildman–Crippen LogP) is 1.43. The Morgan fingerprint density at radius 1 is 1.40 bits per heavy atom. The molecule has 1 aliphatic heterocycles. The molecule has 140 valence electrons. The van der Waals surface area contributed by atoms with E-state index in [1.807, 2.05) is 7.05 Å². The molecule has 0 bridgehead atoms. The number of hydrogen-bond donors (Lipinski definition) is 2. The SMILES string of the molecule is CCOC(=O)[C@@H](NS(=O)(=O)c1ccccc1F)C1(S)CCN(C)CC1. The van der Waals surface area contributed by atoms with E-state index in [1.54, 1.807) is 6.92 Å². The normalized spacial score (nSPS) is 19.4. The van der Waals surface area contributed by atoms with E-state index >= 15 is 0 Å². The van der Waals surface area contributed by atoms with Gasteiger partial charge in [-0.2, -0.15) is 17.4 Å². The molecule has 25 heavy (non-hydrogen) atoms. The lowest BCUT2D eigenvalue weighted by Crippen LogP contribution is -2.58. The Hall–Kier alpha value is -1.16. The third kappa shape index (κ3) is 4.72. The first-order valence-corrected chi connectivity index (χ1v) is 9.97. The molecule has 1 aromatic carbocycles. The van der Waals surface area contributed by atoms with E-state index in [2.05, 4.69) is 22.3 Å². The molecule has 1 saturated heterocycles. The fourth-order valence-electron chi connectivity index (χ4n) is 2.78. The van der Waals surface area contributed by atoms with Crippen LogP contribution in [0.5, 0.6) is 0 Å². The summed E-state index contributed by atoms with van der Waals surface area (Å²) in [5, 5.41) is 0. The van der Waals surface area contributed by atoms with E-state index in [-0.39, 0.29) is 6.61 Å². The molecule has 0 amide bonds. The molecule has 0 spiro atoms. The molecule has 1 atom stereocenters. The Kier molecular flexibility index (Phi) is 6.47. The van der Waals surface area contributed by atoms with E-state index in [1.165, 1.54) is 12.1 Å². The van der Waals surface area contributed by atoms with Gasteiger partial charge in [0.2, 0.25) is 10.0 Å². The summed E-state index contributed by atoms with van der Waals surface area (Å²) in [6.07, 6.45) is 0.992. The summed E-state index contributed by atoms with van der Waals surface area (Å²) < 4.78 is 45.6. The Labute approximate surface area is 153 Å². The largest absolute Gasteiger partial charge is 0.465 e. The summed E-state index contributed by atoms with van der Waals surface area (Å²) in [6.45, 7) is 3.09. The minimum absolute atomic E-state index is 0.112. The van der Waals surface area contributed by atoms with Crippen LogP contribution in [0.3, 0.4) is 0 Å². The van der Waals surface area contributed by atoms with Crippen LogP contribution >= 0.6 is 12.6 Å². The predicted molar refractivity (Wildman–Crippen MR) is 95.6 cm³/mol. The fourth-order valence-corrected chi connectivity index (χ4v) is 4.58. The van der Waals surface area contributed by atoms with Crippen molar-refractivity contribution in [3.05, 3.63) is 30.1 Å². The highest BCUT2D eigenvalue weighted by Crippen LogP contribution is 2.33. The molecule has 9 heteroatoms. The van der Waals surface area contributed by atoms with Crippen LogP contribution in [0.1, 0.15) is 19.8 Å². The first-order chi connectivity index (χ1) is 11.7. The van der Waals surface area contributed by atoms with Gasteiger partial charge in [0.05, 0.1) is 6.61 Å². The second-order valence-electron chi connectivity index (χ2n) is 6.14. The molecule has 1 aromatic rings. The average Bonchev–Trinajstić information content (AvgIpc) is 2.56. The van der Waals surface area contributed by atoms with Gasteiger partial charge in [0.25, 0.3) is 0 Å². The van der Waals surface area contributed by atoms with E-state index in [9.17, 15) is 17.6 Å². The molecule has 1 fully saturated rings. The van der Waals surface area contributed by atoms with Crippen LogP contribution in [0, 0.1) is 5.82 Å². The minimum Gasteiger partial charge on any atom is -0.465 e. The molecule has 1 N–H and O–H groups in total. The lowest BCUT2D eigenvalue weighted by molar-refractivity contribution is -0.146. The highest BCUT2D eigenvalue weighted by Gasteiger charge is 2.45. The Morgan fingerprint density at radius 3 is 2.56 bits per heavy atom. The van der Waals surface area contributed by atoms with Gasteiger partial charge in [0.15, 0.2) is 0 Å². The van der Waals surface area contributed by atoms with Gasteiger partial charge in [-0.05, 0) is 52.0 Å². The van der Waals surface area contributed by atoms with Crippen molar-refractivity contribution in [2.75, 3.05) is 26.7 Å². The van der Waals surface area contributed by atoms with Crippen molar-refractivity contribution in [2.24, 2.45) is 0 Å². The van der Waals surface area contributed by atoms with Crippen molar-refractivity contribution in [2.45, 2.75) is 35.4 Å². The van der Waals surface area contributed by atoms with Crippen molar-refractivity contribution in [1.29, 1.82) is 0 Å². The number of rotatable bonds is 6. The maximum absolute atomic E-state index is 13.9. The number of hydrogen-bond acceptors (Lipinski definition) is 6. The zero-order valence-electron chi connectivity index (χ0n) is 14.2. The molecule has 2 rings (SSSR count). The van der Waals surface area contributed by atoms with Crippen molar-refractivity contribution >= 4 is 28.6 Å². The van der Waals surface area contributed by atoms with Gasteiger partial charge in [-0.3, -0.25) is 4.79 Å². The Balaban J connectivity index is 2.33. The van der Waals surface area contributed by atoms with Crippen LogP contribution in [0.2, 0.25) is 0 Å². The highest BCUT2D eigenvalue weighted by atomic mass is 32.2. The summed E-state index contributed by atoms with van der Waals surface area (Å²) in [7, 11) is -2.30. The quantitative estimate of drug-likeness (QED) is 0.568. The molecule has 6 nitrogen and oxygen atoms in total. The van der Waals surface area contributed by atoms with Crippen molar-refractivity contribution in [3.63, 3.8) is 0 Å². The summed E-state index contributed by atoms with van der Waals surface area (Å²) >= 11 is 4.62. The van der Waals surface area contributed by atoms with Gasteiger partial charge in [-0.15, -0.1) is 0 Å². The van der Waals surface area contributed by atoms with Crippen molar-refractivity contribution in [1.82, 2.24) is 9.62 Å². The number of nitrogens with one attached hydrogen (secondary N) is 1. The van der Waals surface area contributed by atoms with Crippen LogP contribution in [0.15, 0.2) is 29.2 Å². The molecule has 0 radical (unpaired) electrons. The summed E-state index contributed by atoms with van der Waals surface area (Å²) in [5.41, 5.74) is 0. The third-order valence-corrected chi connectivity index (χ3v) is 6.47. The van der Waals surface area contributed by atoms with Crippen LogP contribution in [0.25, 0.3) is 0 Å². The molecule has 0 saturated carbocycles. The van der Waals surface area contributed by atoms with Gasteiger partial charge < -0.3 is 9.64 Å². The summed E-state index contributed by atoms with van der Waals surface area (Å²) in [4.78, 5) is 14.0. The number of thiol groups is 1. The summed E-state index contributed by atoms with van der Waals surface area (Å²) in [6, 6.07) is 3.82. The van der Waals surface area contributed by atoms with E-state index in [0.717, 1.165) is 12.1 Å². The molecule has 0 aliphatic carbocycles. The lowest BCUT2D eigenvalue weighted by Gasteiger charge is -2.41. The fraction of sp³-hybridized carbons (Fsp3) is 0.562. The maximum Gasteiger partial charge on any atom is 0.325 e. The van der Waals surface area contributed by atoms with E-state index in [0.29, 0.717) is 25.9 Å². The number of piperidine rings is 1. The Morgan fingerprint density at radius 2 is 2.00 bits per heavy atom. The highest BCUT2D eigenvalue weighted by molar-refractivity contribution is 7.89. The topological polar surface area (TPSA) is 75.7 Å². The zero-order chi connectivity index (χ0) is 18.7. The minimum atomic E-state index is -4.24. The van der Waals surface area contributed by atoms with Gasteiger partial charge in [0, 0.05) is 4.75 Å². The van der Waals surface area contributed by atoms with Gasteiger partial charge in [0.1, 0.15) is 16.8 Å². The lowest BCUT2D eigenvalue weighted by atomic mass is 9.89. The van der Waals surface area contributed by atoms with Gasteiger partial charge in [-0.1, -0.05) is 12.1 Å². The van der Waals surface area contributed by atoms with Gasteiger partial charge >= 0.3 is 5.97 Å². The number of carbonyl (C=O) groups is 1. The standard InChI is InChI=1S/C16H23FN2O4S2/c1-3-23-15(20)14(16(24)8-10-19(2)11-9-16)18-25(21,22)13-7-5-4-6-12(13)17/h4-7,14,18,24H,3,8-11H2,1-2H3/t14-/m1/s1. The zero-order valence-corrected chi connectivity index (χ0v) is 15.9. The molecule has 0 unspecified atom stereocenters. The van der Waals surface area contributed by atoms with Crippen molar-refractivity contribution in [3.8, 4) is 0 Å². The maximum atomic E-state index is 13.9. The van der Waals surface area contributed by atoms with Crippen molar-refractivity contribution < 1.29 is 22.3 Å². The summed E-state index contributed by atoms with van der Waals surface area (Å²) in [5.74, 6) is -1.59. The molecule has 0 aromatic heterocycles. The number of likely N-dealkylation sites (tertiary alicyclic amines) is 1. The molecule has 1 heterocycles. The number of carbonyl (C=O) groups excluding carboxylic acids is 1.